The second-order valence-corrected chi connectivity index (χ2v) is 4.13. The van der Waals surface area contributed by atoms with Crippen molar-refractivity contribution in [1.82, 2.24) is 0 Å². The molecule has 1 aliphatic rings. The topological polar surface area (TPSA) is 23.1 Å². The van der Waals surface area contributed by atoms with Crippen molar-refractivity contribution in [2.24, 2.45) is 5.92 Å². The number of rotatable bonds is 1. The van der Waals surface area contributed by atoms with Gasteiger partial charge in [0.05, 0.1) is 0 Å². The first-order valence-corrected chi connectivity index (χ1v) is 4.85. The van der Waals surface area contributed by atoms with Crippen molar-refractivity contribution >= 4 is 23.1 Å². The van der Waals surface area contributed by atoms with Gasteiger partial charge in [-0.25, -0.2) is 0 Å². The van der Waals surface area contributed by atoms with E-state index >= 15 is 0 Å². The molecule has 0 aromatic rings. The Balaban J connectivity index is 0. The van der Waals surface area contributed by atoms with Crippen LogP contribution in [0.4, 0.5) is 0 Å². The number of hydrogen-bond donors (Lipinski definition) is 0. The summed E-state index contributed by atoms with van der Waals surface area (Å²) in [5.74, 6) is 0.320. The van der Waals surface area contributed by atoms with Crippen molar-refractivity contribution in [1.29, 1.82) is 0 Å². The fraction of sp³-hybridized carbons (Fsp3) is 1.00. The molecule has 1 fully saturated rings. The maximum Gasteiger partial charge on any atom is 2.00 e. The summed E-state index contributed by atoms with van der Waals surface area (Å²) in [6.45, 7) is 4.14. The van der Waals surface area contributed by atoms with Crippen molar-refractivity contribution in [3.8, 4) is 0 Å². The molecule has 0 N–H and O–H groups in total. The second-order valence-electron chi connectivity index (χ2n) is 4.13. The minimum absolute atomic E-state index is 0. The minimum atomic E-state index is -0.587. The van der Waals surface area contributed by atoms with Crippen LogP contribution in [0.5, 0.6) is 0 Å². The van der Waals surface area contributed by atoms with Crippen LogP contribution in [0.3, 0.4) is 0 Å². The largest absolute Gasteiger partial charge is 2.00 e. The van der Waals surface area contributed by atoms with Crippen molar-refractivity contribution in [3.05, 3.63) is 0 Å². The minimum Gasteiger partial charge on any atom is -1.00 e. The molecule has 1 aliphatic carbocycles. The fourth-order valence-electron chi connectivity index (χ4n) is 1.90. The Hall–Kier alpha value is 1.02. The van der Waals surface area contributed by atoms with Gasteiger partial charge >= 0.3 is 23.1 Å². The van der Waals surface area contributed by atoms with Gasteiger partial charge in [0.15, 0.2) is 0 Å². The SMILES string of the molecule is CC(C)C1([O-])CCCCCC1.[Cl-].[Mg+2]. The smallest absolute Gasteiger partial charge is 1.00 e. The van der Waals surface area contributed by atoms with E-state index in [-0.39, 0.29) is 35.5 Å². The molecule has 0 unspecified atom stereocenters. The summed E-state index contributed by atoms with van der Waals surface area (Å²) in [4.78, 5) is 0. The maximum atomic E-state index is 12.0. The third-order valence-corrected chi connectivity index (χ3v) is 3.00. The van der Waals surface area contributed by atoms with Gasteiger partial charge in [0.2, 0.25) is 0 Å². The maximum absolute atomic E-state index is 12.0. The van der Waals surface area contributed by atoms with Crippen LogP contribution in [-0.4, -0.2) is 28.7 Å². The van der Waals surface area contributed by atoms with Gasteiger partial charge in [-0.15, -0.1) is 5.60 Å². The first-order valence-electron chi connectivity index (χ1n) is 4.85. The van der Waals surface area contributed by atoms with Crippen molar-refractivity contribution in [3.63, 3.8) is 0 Å². The molecule has 74 valence electrons. The Morgan fingerprint density at radius 3 is 1.69 bits per heavy atom. The molecule has 0 bridgehead atoms. The molecule has 3 heteroatoms. The van der Waals surface area contributed by atoms with Gasteiger partial charge in [0, 0.05) is 0 Å². The molecule has 0 radical (unpaired) electrons. The molecule has 0 amide bonds. The third-order valence-electron chi connectivity index (χ3n) is 3.00. The van der Waals surface area contributed by atoms with Crippen LogP contribution >= 0.6 is 0 Å². The van der Waals surface area contributed by atoms with Crippen LogP contribution in [0, 0.1) is 5.92 Å². The average molecular weight is 215 g/mol. The summed E-state index contributed by atoms with van der Waals surface area (Å²) in [5, 5.41) is 12.0. The van der Waals surface area contributed by atoms with Gasteiger partial charge in [-0.2, -0.15) is 0 Å². The van der Waals surface area contributed by atoms with Crippen LogP contribution in [0.1, 0.15) is 52.4 Å². The molecule has 0 heterocycles. The average Bonchev–Trinajstić information content (AvgIpc) is 2.15. The summed E-state index contributed by atoms with van der Waals surface area (Å²) in [7, 11) is 0. The van der Waals surface area contributed by atoms with Crippen LogP contribution in [0.25, 0.3) is 0 Å². The second kappa shape index (κ2) is 7.33. The summed E-state index contributed by atoms with van der Waals surface area (Å²) in [5.41, 5.74) is -0.587. The van der Waals surface area contributed by atoms with E-state index in [1.165, 1.54) is 12.8 Å². The summed E-state index contributed by atoms with van der Waals surface area (Å²) >= 11 is 0. The molecule has 0 aromatic carbocycles. The Morgan fingerprint density at radius 1 is 1.00 bits per heavy atom. The van der Waals surface area contributed by atoms with Crippen molar-refractivity contribution < 1.29 is 17.5 Å². The monoisotopic (exact) mass is 214 g/mol. The van der Waals surface area contributed by atoms with Crippen LogP contribution < -0.4 is 17.5 Å². The summed E-state index contributed by atoms with van der Waals surface area (Å²) in [6, 6.07) is 0. The van der Waals surface area contributed by atoms with Crippen LogP contribution in [-0.2, 0) is 0 Å². The molecule has 1 rings (SSSR count). The van der Waals surface area contributed by atoms with Gasteiger partial charge in [0.25, 0.3) is 0 Å². The molecule has 0 atom stereocenters. The van der Waals surface area contributed by atoms with E-state index in [1.54, 1.807) is 0 Å². The van der Waals surface area contributed by atoms with Gasteiger partial charge < -0.3 is 17.5 Å². The molecule has 13 heavy (non-hydrogen) atoms. The van der Waals surface area contributed by atoms with E-state index in [0.717, 1.165) is 25.7 Å². The normalized spacial score (nSPS) is 21.2. The first kappa shape index (κ1) is 16.4. The van der Waals surface area contributed by atoms with Crippen LogP contribution in [0.15, 0.2) is 0 Å². The first-order chi connectivity index (χ1) is 5.15. The van der Waals surface area contributed by atoms with Gasteiger partial charge in [-0.3, -0.25) is 0 Å². The molecular weight excluding hydrogens is 196 g/mol. The van der Waals surface area contributed by atoms with E-state index in [0.29, 0.717) is 5.92 Å². The zero-order valence-corrected chi connectivity index (χ0v) is 11.0. The van der Waals surface area contributed by atoms with E-state index in [1.807, 2.05) is 0 Å². The van der Waals surface area contributed by atoms with Gasteiger partial charge in [0.1, 0.15) is 0 Å². The summed E-state index contributed by atoms with van der Waals surface area (Å²) in [6.07, 6.45) is 6.67. The fourth-order valence-corrected chi connectivity index (χ4v) is 1.90. The number of hydrogen-bond acceptors (Lipinski definition) is 1. The molecule has 0 aromatic heterocycles. The van der Waals surface area contributed by atoms with Crippen molar-refractivity contribution in [2.75, 3.05) is 0 Å². The molecule has 1 saturated carbocycles. The van der Waals surface area contributed by atoms with E-state index < -0.39 is 5.60 Å². The molecule has 1 nitrogen and oxygen atoms in total. The van der Waals surface area contributed by atoms with Crippen molar-refractivity contribution in [2.45, 2.75) is 58.0 Å². The molecule has 0 aliphatic heterocycles. The predicted octanol–water partition coefficient (Wildman–Crippen LogP) is -1.28. The van der Waals surface area contributed by atoms with Gasteiger partial charge in [-0.1, -0.05) is 58.3 Å². The standard InChI is InChI=1S/C10H19O.ClH.Mg/c1-9(2)10(11)7-5-3-4-6-8-10;;/h9H,3-8H2,1-2H3;1H;/q-1;;+2/p-1. The third kappa shape index (κ3) is 4.87. The Kier molecular flexibility index (Phi) is 9.27. The Bertz CT molecular complexity index is 120. The molecular formula is C10H19ClMgO. The predicted molar refractivity (Wildman–Crippen MR) is 51.0 cm³/mol. The molecule has 0 spiro atoms. The quantitative estimate of drug-likeness (QED) is 0.394. The van der Waals surface area contributed by atoms with Gasteiger partial charge in [-0.05, 0) is 0 Å². The van der Waals surface area contributed by atoms with Crippen LogP contribution in [0.2, 0.25) is 0 Å². The van der Waals surface area contributed by atoms with E-state index in [4.69, 9.17) is 0 Å². The van der Waals surface area contributed by atoms with E-state index in [9.17, 15) is 5.11 Å². The Morgan fingerprint density at radius 2 is 1.38 bits per heavy atom. The molecule has 0 saturated heterocycles. The zero-order chi connectivity index (χ0) is 8.32. The Labute approximate surface area is 104 Å². The van der Waals surface area contributed by atoms with E-state index in [2.05, 4.69) is 13.8 Å². The summed E-state index contributed by atoms with van der Waals surface area (Å²) < 4.78 is 0. The zero-order valence-electron chi connectivity index (χ0n) is 8.81. The number of halogens is 1.